The first-order valence-corrected chi connectivity index (χ1v) is 8.10. The third-order valence-electron chi connectivity index (χ3n) is 3.54. The van der Waals surface area contributed by atoms with E-state index in [4.69, 9.17) is 5.73 Å². The maximum atomic E-state index is 11.6. The predicted molar refractivity (Wildman–Crippen MR) is 89.7 cm³/mol. The fourth-order valence-electron chi connectivity index (χ4n) is 2.46. The van der Waals surface area contributed by atoms with Crippen LogP contribution in [-0.2, 0) is 11.1 Å². The summed E-state index contributed by atoms with van der Waals surface area (Å²) >= 11 is -2.14. The number of H-pyrrole nitrogens is 1. The standard InChI is InChI=1S/C16H15N3O3S/c17-16(20)14-8-12(7-11-5-6-18-15(11)14)10-1-3-13(4-2-10)19-9-23(21)22/h1-8,18-19H,9H2,(H2,17,20)(H,21,22)/p-1. The Labute approximate surface area is 135 Å². The Hall–Kier alpha value is -2.64. The van der Waals surface area contributed by atoms with Crippen LogP contribution in [0.5, 0.6) is 0 Å². The average molecular weight is 328 g/mol. The first-order valence-electron chi connectivity index (χ1n) is 6.86. The van der Waals surface area contributed by atoms with Crippen molar-refractivity contribution in [2.75, 3.05) is 11.2 Å². The van der Waals surface area contributed by atoms with Crippen LogP contribution in [0.15, 0.2) is 48.7 Å². The van der Waals surface area contributed by atoms with Gasteiger partial charge in [-0.1, -0.05) is 12.1 Å². The molecule has 0 radical (unpaired) electrons. The van der Waals surface area contributed by atoms with Crippen LogP contribution in [0.2, 0.25) is 0 Å². The van der Waals surface area contributed by atoms with Gasteiger partial charge < -0.3 is 20.6 Å². The molecule has 3 aromatic rings. The number of aromatic amines is 1. The summed E-state index contributed by atoms with van der Waals surface area (Å²) in [5, 5.41) is 3.69. The van der Waals surface area contributed by atoms with Gasteiger partial charge in [-0.15, -0.1) is 0 Å². The molecule has 1 heterocycles. The van der Waals surface area contributed by atoms with Gasteiger partial charge in [0.1, 0.15) is 0 Å². The van der Waals surface area contributed by atoms with E-state index in [-0.39, 0.29) is 5.88 Å². The predicted octanol–water partition coefficient (Wildman–Crippen LogP) is 2.18. The Morgan fingerprint density at radius 3 is 2.57 bits per heavy atom. The van der Waals surface area contributed by atoms with Crippen LogP contribution in [-0.4, -0.2) is 25.5 Å². The highest BCUT2D eigenvalue weighted by Crippen LogP contribution is 2.28. The van der Waals surface area contributed by atoms with Gasteiger partial charge in [-0.2, -0.15) is 0 Å². The zero-order valence-corrected chi connectivity index (χ0v) is 12.9. The van der Waals surface area contributed by atoms with Gasteiger partial charge in [-0.3, -0.25) is 9.00 Å². The van der Waals surface area contributed by atoms with E-state index in [2.05, 4.69) is 10.3 Å². The lowest BCUT2D eigenvalue weighted by molar-refractivity contribution is 0.100. The summed E-state index contributed by atoms with van der Waals surface area (Å²) in [4.78, 5) is 14.6. The Morgan fingerprint density at radius 1 is 1.17 bits per heavy atom. The van der Waals surface area contributed by atoms with E-state index in [1.54, 1.807) is 24.4 Å². The number of benzene rings is 2. The summed E-state index contributed by atoms with van der Waals surface area (Å²) in [6, 6.07) is 12.9. The number of nitrogens with one attached hydrogen (secondary N) is 2. The number of carbonyl (C=O) groups is 1. The fourth-order valence-corrected chi connectivity index (χ4v) is 2.74. The van der Waals surface area contributed by atoms with E-state index in [0.717, 1.165) is 22.0 Å². The number of rotatable bonds is 5. The zero-order valence-electron chi connectivity index (χ0n) is 12.0. The monoisotopic (exact) mass is 328 g/mol. The van der Waals surface area contributed by atoms with Gasteiger partial charge in [0.05, 0.1) is 17.0 Å². The van der Waals surface area contributed by atoms with E-state index in [0.29, 0.717) is 11.3 Å². The number of anilines is 1. The van der Waals surface area contributed by atoms with Crippen LogP contribution < -0.4 is 11.1 Å². The van der Waals surface area contributed by atoms with Crippen molar-refractivity contribution >= 4 is 33.6 Å². The van der Waals surface area contributed by atoms with Crippen LogP contribution in [0.1, 0.15) is 10.4 Å². The zero-order chi connectivity index (χ0) is 16.4. The Balaban J connectivity index is 1.96. The van der Waals surface area contributed by atoms with Gasteiger partial charge >= 0.3 is 0 Å². The smallest absolute Gasteiger partial charge is 0.250 e. The normalized spacial score (nSPS) is 12.2. The second kappa shape index (κ2) is 6.23. The van der Waals surface area contributed by atoms with Crippen LogP contribution in [0.3, 0.4) is 0 Å². The molecule has 0 bridgehead atoms. The van der Waals surface area contributed by atoms with E-state index in [1.165, 1.54) is 0 Å². The number of hydrogen-bond acceptors (Lipinski definition) is 4. The lowest BCUT2D eigenvalue weighted by Gasteiger charge is -2.10. The molecule has 6 nitrogen and oxygen atoms in total. The molecule has 1 atom stereocenters. The summed E-state index contributed by atoms with van der Waals surface area (Å²) in [5.41, 5.74) is 9.08. The van der Waals surface area contributed by atoms with Crippen molar-refractivity contribution in [1.82, 2.24) is 4.98 Å². The summed E-state index contributed by atoms with van der Waals surface area (Å²) in [6.45, 7) is 0. The van der Waals surface area contributed by atoms with Crippen molar-refractivity contribution in [2.24, 2.45) is 5.73 Å². The first-order chi connectivity index (χ1) is 11.0. The van der Waals surface area contributed by atoms with Crippen LogP contribution in [0.25, 0.3) is 22.0 Å². The minimum absolute atomic E-state index is 0.138. The molecule has 0 saturated carbocycles. The van der Waals surface area contributed by atoms with Crippen LogP contribution >= 0.6 is 0 Å². The number of carbonyl (C=O) groups excluding carboxylic acids is 1. The Morgan fingerprint density at radius 2 is 1.91 bits per heavy atom. The van der Waals surface area contributed by atoms with Crippen LogP contribution in [0.4, 0.5) is 5.69 Å². The highest BCUT2D eigenvalue weighted by atomic mass is 32.2. The van der Waals surface area contributed by atoms with Crippen molar-refractivity contribution < 1.29 is 13.6 Å². The molecule has 3 rings (SSSR count). The van der Waals surface area contributed by atoms with Crippen molar-refractivity contribution in [1.29, 1.82) is 0 Å². The number of fused-ring (bicyclic) bond motifs is 1. The quantitative estimate of drug-likeness (QED) is 0.623. The van der Waals surface area contributed by atoms with Crippen molar-refractivity contribution in [3.05, 3.63) is 54.2 Å². The SMILES string of the molecule is NC(=O)c1cc(-c2ccc(NCS(=O)[O-])cc2)cc2cc[nH]c12. The number of hydrogen-bond donors (Lipinski definition) is 3. The highest BCUT2D eigenvalue weighted by molar-refractivity contribution is 7.79. The van der Waals surface area contributed by atoms with Gasteiger partial charge in [0.2, 0.25) is 0 Å². The van der Waals surface area contributed by atoms with Crippen LogP contribution in [0, 0.1) is 0 Å². The van der Waals surface area contributed by atoms with Crippen molar-refractivity contribution in [2.45, 2.75) is 0 Å². The number of amides is 1. The minimum atomic E-state index is -2.14. The van der Waals surface area contributed by atoms with Crippen molar-refractivity contribution in [3.8, 4) is 11.1 Å². The van der Waals surface area contributed by atoms with Gasteiger partial charge in [0.15, 0.2) is 0 Å². The number of primary amides is 1. The first kappa shape index (κ1) is 15.3. The molecule has 0 aliphatic heterocycles. The maximum absolute atomic E-state index is 11.6. The summed E-state index contributed by atoms with van der Waals surface area (Å²) in [6.07, 6.45) is 1.76. The molecule has 1 amide bonds. The Bertz CT molecular complexity index is 887. The van der Waals surface area contributed by atoms with E-state index in [1.807, 2.05) is 24.3 Å². The second-order valence-electron chi connectivity index (χ2n) is 5.03. The Kier molecular flexibility index (Phi) is 4.14. The topological polar surface area (TPSA) is 111 Å². The molecule has 0 saturated heterocycles. The third-order valence-corrected chi connectivity index (χ3v) is 3.92. The molecule has 0 aliphatic carbocycles. The second-order valence-corrected chi connectivity index (χ2v) is 5.93. The molecule has 118 valence electrons. The third kappa shape index (κ3) is 3.25. The summed E-state index contributed by atoms with van der Waals surface area (Å²) < 4.78 is 21.1. The molecular formula is C16H14N3O3S-. The van der Waals surface area contributed by atoms with Gasteiger partial charge in [0.25, 0.3) is 5.91 Å². The number of nitrogens with two attached hydrogens (primary N) is 1. The highest BCUT2D eigenvalue weighted by Gasteiger charge is 2.11. The molecule has 4 N–H and O–H groups in total. The molecular weight excluding hydrogens is 314 g/mol. The lowest BCUT2D eigenvalue weighted by atomic mass is 10.00. The molecule has 7 heteroatoms. The number of aromatic nitrogens is 1. The molecule has 1 aromatic heterocycles. The molecule has 23 heavy (non-hydrogen) atoms. The average Bonchev–Trinajstić information content (AvgIpc) is 3.00. The van der Waals surface area contributed by atoms with E-state index < -0.39 is 17.0 Å². The maximum Gasteiger partial charge on any atom is 0.250 e. The summed E-state index contributed by atoms with van der Waals surface area (Å²) in [5.74, 6) is -0.629. The van der Waals surface area contributed by atoms with E-state index in [9.17, 15) is 13.6 Å². The lowest BCUT2D eigenvalue weighted by Crippen LogP contribution is -2.11. The molecule has 1 unspecified atom stereocenters. The molecule has 0 fully saturated rings. The largest absolute Gasteiger partial charge is 0.771 e. The van der Waals surface area contributed by atoms with Gasteiger partial charge in [-0.25, -0.2) is 0 Å². The molecule has 0 spiro atoms. The van der Waals surface area contributed by atoms with Gasteiger partial charge in [0, 0.05) is 17.3 Å². The van der Waals surface area contributed by atoms with E-state index >= 15 is 0 Å². The minimum Gasteiger partial charge on any atom is -0.771 e. The van der Waals surface area contributed by atoms with Gasteiger partial charge in [-0.05, 0) is 52.5 Å². The fraction of sp³-hybridized carbons (Fsp3) is 0.0625. The molecule has 0 aliphatic rings. The summed E-state index contributed by atoms with van der Waals surface area (Å²) in [7, 11) is 0. The molecule has 2 aromatic carbocycles. The van der Waals surface area contributed by atoms with Crippen molar-refractivity contribution in [3.63, 3.8) is 0 Å².